The standard InChI is InChI=1S/C61H64F3N9O7/c1-31(2)54(60(77)73-29-41(74)23-50(73)59(76)67-33(4)35-12-16-37(17-13-35)52-46(62)6-5-7-47(52)63)68-58(75)38-10-8-34(9-11-38)30-79-56-53(51-32(3)48(64)25-49-45(51)27-66-71-49)43(36-14-15-36)24-44-55(56)69-61(80-42-18-20-78-21-19-42)70-57(44)72-28-39-22-40(72)26-65-39/h5-13,16-17,24-25,27,31,33,36,39-42,50,54,65,74H,14-15,18-23,26,28-30H2,1-4H3,(H,66,71)(H,67,76)(H,68,75)/t33-,39-,40-,41+,50-,54-/m0/s1. The average Bonchev–Trinajstić information content (AvgIpc) is 3.86. The number of rotatable bonds is 16. The third kappa shape index (κ3) is 10.3. The molecule has 5 N–H and O–H groups in total. The lowest BCUT2D eigenvalue weighted by Crippen LogP contribution is -2.55. The number of amides is 3. The van der Waals surface area contributed by atoms with Crippen LogP contribution >= 0.6 is 0 Å². The Balaban J connectivity index is 0.806. The molecule has 0 spiro atoms. The molecule has 6 heterocycles. The number of H-pyrrole nitrogens is 1. The number of nitrogens with zero attached hydrogens (tertiary/aromatic N) is 5. The highest BCUT2D eigenvalue weighted by atomic mass is 19.1. The van der Waals surface area contributed by atoms with Crippen molar-refractivity contribution in [2.75, 3.05) is 37.7 Å². The number of carbonyl (C=O) groups excluding carboxylic acids is 3. The Hall–Kier alpha value is -7.61. The molecule has 2 bridgehead atoms. The molecule has 5 aromatic carbocycles. The molecule has 80 heavy (non-hydrogen) atoms. The predicted molar refractivity (Wildman–Crippen MR) is 295 cm³/mol. The number of aromatic amines is 1. The number of ether oxygens (including phenoxy) is 3. The van der Waals surface area contributed by atoms with E-state index in [1.807, 2.05) is 0 Å². The molecule has 0 radical (unpaired) electrons. The smallest absolute Gasteiger partial charge is 0.319 e. The number of aliphatic hydroxyl groups is 1. The highest BCUT2D eigenvalue weighted by molar-refractivity contribution is 6.06. The zero-order chi connectivity index (χ0) is 55.5. The fraction of sp³-hybridized carbons (Fsp3) is 0.410. The van der Waals surface area contributed by atoms with Crippen molar-refractivity contribution in [3.05, 3.63) is 130 Å². The first kappa shape index (κ1) is 53.1. The molecule has 1 saturated carbocycles. The summed E-state index contributed by atoms with van der Waals surface area (Å²) in [6.07, 6.45) is 4.87. The van der Waals surface area contributed by atoms with E-state index in [4.69, 9.17) is 24.2 Å². The molecule has 7 aromatic rings. The van der Waals surface area contributed by atoms with Crippen molar-refractivity contribution in [2.45, 2.75) is 121 Å². The number of halogens is 3. The van der Waals surface area contributed by atoms with Crippen molar-refractivity contribution in [3.8, 4) is 34.0 Å². The number of fused-ring (bicyclic) bond motifs is 4. The number of likely N-dealkylation sites (tertiary alicyclic amines) is 1. The van der Waals surface area contributed by atoms with Crippen molar-refractivity contribution in [3.63, 3.8) is 0 Å². The van der Waals surface area contributed by atoms with Gasteiger partial charge in [0.25, 0.3) is 5.91 Å². The van der Waals surface area contributed by atoms with E-state index in [0.29, 0.717) is 71.1 Å². The molecule has 0 unspecified atom stereocenters. The molecule has 5 fully saturated rings. The number of aromatic nitrogens is 4. The van der Waals surface area contributed by atoms with Gasteiger partial charge in [-0.1, -0.05) is 56.3 Å². The van der Waals surface area contributed by atoms with Crippen LogP contribution in [0.5, 0.6) is 11.8 Å². The molecular formula is C61H64F3N9O7. The van der Waals surface area contributed by atoms with Gasteiger partial charge in [0.05, 0.1) is 42.6 Å². The maximum absolute atomic E-state index is 16.1. The third-order valence-corrected chi connectivity index (χ3v) is 16.6. The van der Waals surface area contributed by atoms with Gasteiger partial charge in [-0.15, -0.1) is 0 Å². The average molecular weight is 1090 g/mol. The second-order valence-corrected chi connectivity index (χ2v) is 22.5. The van der Waals surface area contributed by atoms with Gasteiger partial charge in [-0.2, -0.15) is 15.1 Å². The quantitative estimate of drug-likeness (QED) is 0.0619. The zero-order valence-electron chi connectivity index (χ0n) is 45.0. The molecule has 3 amide bonds. The lowest BCUT2D eigenvalue weighted by atomic mass is 9.88. The topological polar surface area (TPSA) is 196 Å². The fourth-order valence-corrected chi connectivity index (χ4v) is 12.1. The summed E-state index contributed by atoms with van der Waals surface area (Å²) in [6.45, 7) is 9.81. The highest BCUT2D eigenvalue weighted by Crippen LogP contribution is 2.53. The van der Waals surface area contributed by atoms with Gasteiger partial charge in [0.1, 0.15) is 53.6 Å². The van der Waals surface area contributed by atoms with Gasteiger partial charge in [0.15, 0.2) is 5.75 Å². The van der Waals surface area contributed by atoms with Crippen LogP contribution in [-0.2, 0) is 20.9 Å². The first-order valence-electron chi connectivity index (χ1n) is 27.8. The van der Waals surface area contributed by atoms with Gasteiger partial charge < -0.3 is 45.1 Å². The number of carbonyl (C=O) groups is 3. The maximum Gasteiger partial charge on any atom is 0.319 e. The fourth-order valence-electron chi connectivity index (χ4n) is 12.1. The summed E-state index contributed by atoms with van der Waals surface area (Å²) in [5.41, 5.74) is 5.81. The first-order chi connectivity index (χ1) is 38.7. The van der Waals surface area contributed by atoms with Gasteiger partial charge >= 0.3 is 6.01 Å². The lowest BCUT2D eigenvalue weighted by molar-refractivity contribution is -0.141. The summed E-state index contributed by atoms with van der Waals surface area (Å²) in [4.78, 5) is 56.4. The van der Waals surface area contributed by atoms with Crippen LogP contribution in [0.15, 0.2) is 85.1 Å². The van der Waals surface area contributed by atoms with E-state index >= 15 is 4.39 Å². The summed E-state index contributed by atoms with van der Waals surface area (Å²) in [5.74, 6) is -2.27. The second-order valence-electron chi connectivity index (χ2n) is 22.5. The number of aliphatic hydroxyl groups excluding tert-OH is 1. The van der Waals surface area contributed by atoms with E-state index in [1.54, 1.807) is 82.4 Å². The van der Waals surface area contributed by atoms with E-state index < -0.39 is 59.5 Å². The van der Waals surface area contributed by atoms with Gasteiger partial charge in [0.2, 0.25) is 11.8 Å². The van der Waals surface area contributed by atoms with E-state index in [-0.39, 0.29) is 60.6 Å². The lowest BCUT2D eigenvalue weighted by Gasteiger charge is -2.31. The molecule has 4 saturated heterocycles. The number of hydrogen-bond acceptors (Lipinski definition) is 12. The largest absolute Gasteiger partial charge is 0.486 e. The summed E-state index contributed by atoms with van der Waals surface area (Å²) in [7, 11) is 0. The van der Waals surface area contributed by atoms with E-state index in [2.05, 4.69) is 37.1 Å². The Labute approximate surface area is 460 Å². The Morgan fingerprint density at radius 3 is 2.29 bits per heavy atom. The first-order valence-corrected chi connectivity index (χ1v) is 27.8. The Morgan fingerprint density at radius 2 is 1.60 bits per heavy atom. The molecule has 416 valence electrons. The van der Waals surface area contributed by atoms with Crippen LogP contribution in [-0.4, -0.2) is 117 Å². The summed E-state index contributed by atoms with van der Waals surface area (Å²) >= 11 is 0. The van der Waals surface area contributed by atoms with Gasteiger partial charge in [0, 0.05) is 78.4 Å². The van der Waals surface area contributed by atoms with Crippen molar-refractivity contribution >= 4 is 45.3 Å². The number of β-amino-alcohol motifs (C(OH)–C–C–N with tert-alkyl or cyclic N) is 1. The maximum atomic E-state index is 16.1. The molecule has 19 heteroatoms. The predicted octanol–water partition coefficient (Wildman–Crippen LogP) is 8.72. The highest BCUT2D eigenvalue weighted by Gasteiger charge is 2.44. The number of nitrogens with one attached hydrogen (secondary N) is 4. The van der Waals surface area contributed by atoms with Crippen LogP contribution in [0.25, 0.3) is 44.1 Å². The van der Waals surface area contributed by atoms with Crippen LogP contribution in [0.1, 0.15) is 104 Å². The van der Waals surface area contributed by atoms with Crippen molar-refractivity contribution in [1.82, 2.24) is 41.0 Å². The van der Waals surface area contributed by atoms with Crippen molar-refractivity contribution < 1.29 is 46.9 Å². The van der Waals surface area contributed by atoms with E-state index in [9.17, 15) is 28.3 Å². The Bertz CT molecular complexity index is 3490. The number of benzene rings is 5. The monoisotopic (exact) mass is 1090 g/mol. The second kappa shape index (κ2) is 21.8. The van der Waals surface area contributed by atoms with Gasteiger partial charge in [-0.3, -0.25) is 19.5 Å². The normalized spacial score (nSPS) is 20.9. The SMILES string of the molecule is Cc1c(F)cc2[nH]ncc2c1-c1c(C2CC2)cc2c(N3C[C@@H]4C[C@H]3CN4)nc(OC3CCOCC3)nc2c1OCc1ccc(C(=O)N[C@H](C(=O)N2C[C@H](O)C[C@H]2C(=O)N[C@@H](C)c2ccc(-c3c(F)cccc3F)cc2)C(C)C)cc1. The molecule has 5 aliphatic rings. The van der Waals surface area contributed by atoms with Crippen molar-refractivity contribution in [2.24, 2.45) is 5.92 Å². The molecule has 1 aliphatic carbocycles. The minimum absolute atomic E-state index is 0.00778. The van der Waals surface area contributed by atoms with E-state index in [0.717, 1.165) is 65.6 Å². The number of anilines is 1. The Kier molecular flexibility index (Phi) is 14.5. The Morgan fingerprint density at radius 1 is 0.850 bits per heavy atom. The van der Waals surface area contributed by atoms with Crippen LogP contribution in [0.3, 0.4) is 0 Å². The molecule has 12 rings (SSSR count). The summed E-state index contributed by atoms with van der Waals surface area (Å²) < 4.78 is 64.5. The minimum atomic E-state index is -1.05. The van der Waals surface area contributed by atoms with E-state index in [1.165, 1.54) is 29.2 Å². The van der Waals surface area contributed by atoms with Crippen LogP contribution in [0.4, 0.5) is 19.0 Å². The molecule has 16 nitrogen and oxygen atoms in total. The van der Waals surface area contributed by atoms with Crippen LogP contribution in [0, 0.1) is 30.3 Å². The third-order valence-electron chi connectivity index (χ3n) is 16.6. The van der Waals surface area contributed by atoms with Crippen LogP contribution < -0.4 is 30.3 Å². The molecule has 4 aliphatic heterocycles. The summed E-state index contributed by atoms with van der Waals surface area (Å²) in [6, 6.07) is 18.9. The zero-order valence-corrected chi connectivity index (χ0v) is 45.0. The van der Waals surface area contributed by atoms with Gasteiger partial charge in [-0.05, 0) is 109 Å². The van der Waals surface area contributed by atoms with Gasteiger partial charge in [-0.25, -0.2) is 13.2 Å². The number of hydrogen-bond donors (Lipinski definition) is 5. The summed E-state index contributed by atoms with van der Waals surface area (Å²) in [5, 5.41) is 29.2. The number of piperazine rings is 1. The van der Waals surface area contributed by atoms with Crippen LogP contribution in [0.2, 0.25) is 0 Å². The minimum Gasteiger partial charge on any atom is -0.486 e. The molecule has 2 aromatic heterocycles. The molecule has 6 atom stereocenters. The molecular weight excluding hydrogens is 1030 g/mol. The van der Waals surface area contributed by atoms with Crippen molar-refractivity contribution in [1.29, 1.82) is 0 Å².